The number of nitrogens with zero attached hydrogens (tertiary/aromatic N) is 2. The summed E-state index contributed by atoms with van der Waals surface area (Å²) < 4.78 is 0. The number of rotatable bonds is 7. The monoisotopic (exact) mass is 416 g/mol. The summed E-state index contributed by atoms with van der Waals surface area (Å²) in [6.45, 7) is 4.61. The highest BCUT2D eigenvalue weighted by atomic mass is 32.2. The summed E-state index contributed by atoms with van der Waals surface area (Å²) in [4.78, 5) is 19.0. The standard InChI is InChI=1S/C23H36N4OS/c1-3-29-21-11-6-10-20(16-21)26-23(24-2)25-14-7-12-22(28)27-15-13-18-8-4-5-9-19(18)17-27/h4-5,8-9,20-21H,3,6-7,10-17H2,1-2H3,(H2,24,25,26). The third kappa shape index (κ3) is 6.66. The number of carbonyl (C=O) groups is 1. The van der Waals surface area contributed by atoms with Gasteiger partial charge in [-0.3, -0.25) is 9.79 Å². The minimum Gasteiger partial charge on any atom is -0.356 e. The number of hydrogen-bond acceptors (Lipinski definition) is 3. The minimum atomic E-state index is 0.260. The van der Waals surface area contributed by atoms with Crippen molar-refractivity contribution in [2.45, 2.75) is 69.7 Å². The third-order valence-corrected chi connectivity index (χ3v) is 7.17. The highest BCUT2D eigenvalue weighted by Crippen LogP contribution is 2.28. The number of carbonyl (C=O) groups excluding carboxylic acids is 1. The van der Waals surface area contributed by atoms with Gasteiger partial charge in [-0.15, -0.1) is 0 Å². The molecule has 1 aromatic rings. The first kappa shape index (κ1) is 22.0. The number of thioether (sulfide) groups is 1. The molecule has 1 fully saturated rings. The van der Waals surface area contributed by atoms with Crippen molar-refractivity contribution in [1.82, 2.24) is 15.5 Å². The molecule has 0 saturated heterocycles. The predicted molar refractivity (Wildman–Crippen MR) is 123 cm³/mol. The van der Waals surface area contributed by atoms with Gasteiger partial charge in [0.2, 0.25) is 5.91 Å². The molecular formula is C23H36N4OS. The van der Waals surface area contributed by atoms with Crippen LogP contribution in [0.1, 0.15) is 56.6 Å². The van der Waals surface area contributed by atoms with E-state index in [1.165, 1.54) is 42.6 Å². The van der Waals surface area contributed by atoms with Crippen molar-refractivity contribution in [2.24, 2.45) is 4.99 Å². The largest absolute Gasteiger partial charge is 0.356 e. The number of nitrogens with one attached hydrogen (secondary N) is 2. The van der Waals surface area contributed by atoms with Crippen molar-refractivity contribution in [2.75, 3.05) is 25.9 Å². The summed E-state index contributed by atoms with van der Waals surface area (Å²) in [6, 6.07) is 8.97. The van der Waals surface area contributed by atoms with Gasteiger partial charge in [0.15, 0.2) is 5.96 Å². The van der Waals surface area contributed by atoms with E-state index in [2.05, 4.69) is 58.6 Å². The first-order valence-corrected chi connectivity index (χ1v) is 12.2. The first-order chi connectivity index (χ1) is 14.2. The van der Waals surface area contributed by atoms with Crippen molar-refractivity contribution < 1.29 is 4.79 Å². The van der Waals surface area contributed by atoms with Crippen LogP contribution in [0.3, 0.4) is 0 Å². The summed E-state index contributed by atoms with van der Waals surface area (Å²) >= 11 is 2.08. The average molecular weight is 417 g/mol. The third-order valence-electron chi connectivity index (χ3n) is 5.94. The van der Waals surface area contributed by atoms with E-state index in [1.807, 2.05) is 11.9 Å². The van der Waals surface area contributed by atoms with Gasteiger partial charge in [0, 0.05) is 44.4 Å². The fourth-order valence-corrected chi connectivity index (χ4v) is 5.54. The summed E-state index contributed by atoms with van der Waals surface area (Å²) in [5.41, 5.74) is 2.68. The van der Waals surface area contributed by atoms with Crippen LogP contribution in [0.5, 0.6) is 0 Å². The maximum absolute atomic E-state index is 12.6. The number of guanidine groups is 1. The SMILES string of the molecule is CCSC1CCCC(NC(=NC)NCCCC(=O)N2CCc3ccccc3C2)C1. The van der Waals surface area contributed by atoms with Gasteiger partial charge in [-0.2, -0.15) is 11.8 Å². The van der Waals surface area contributed by atoms with Crippen LogP contribution in [0.2, 0.25) is 0 Å². The molecule has 1 saturated carbocycles. The van der Waals surface area contributed by atoms with Gasteiger partial charge < -0.3 is 15.5 Å². The molecule has 1 amide bonds. The molecule has 1 aliphatic carbocycles. The van der Waals surface area contributed by atoms with Crippen molar-refractivity contribution in [3.63, 3.8) is 0 Å². The smallest absolute Gasteiger partial charge is 0.222 e. The van der Waals surface area contributed by atoms with Crippen LogP contribution >= 0.6 is 11.8 Å². The van der Waals surface area contributed by atoms with Crippen LogP contribution in [0.4, 0.5) is 0 Å². The molecule has 6 heteroatoms. The molecule has 5 nitrogen and oxygen atoms in total. The second-order valence-corrected chi connectivity index (χ2v) is 9.60. The quantitative estimate of drug-likeness (QED) is 0.405. The van der Waals surface area contributed by atoms with Crippen molar-refractivity contribution in [3.8, 4) is 0 Å². The van der Waals surface area contributed by atoms with E-state index < -0.39 is 0 Å². The van der Waals surface area contributed by atoms with E-state index in [9.17, 15) is 4.79 Å². The van der Waals surface area contributed by atoms with Gasteiger partial charge in [0.25, 0.3) is 0 Å². The van der Waals surface area contributed by atoms with E-state index in [1.54, 1.807) is 0 Å². The number of benzene rings is 1. The van der Waals surface area contributed by atoms with Crippen LogP contribution in [0.25, 0.3) is 0 Å². The van der Waals surface area contributed by atoms with Crippen LogP contribution in [-0.2, 0) is 17.8 Å². The second-order valence-electron chi connectivity index (χ2n) is 8.02. The number of hydrogen-bond donors (Lipinski definition) is 2. The molecule has 0 aromatic heterocycles. The van der Waals surface area contributed by atoms with Crippen LogP contribution < -0.4 is 10.6 Å². The zero-order valence-corrected chi connectivity index (χ0v) is 18.8. The van der Waals surface area contributed by atoms with Gasteiger partial charge in [-0.1, -0.05) is 37.6 Å². The van der Waals surface area contributed by atoms with E-state index in [0.29, 0.717) is 12.5 Å². The molecule has 29 heavy (non-hydrogen) atoms. The molecule has 1 heterocycles. The molecule has 1 aliphatic heterocycles. The van der Waals surface area contributed by atoms with Crippen molar-refractivity contribution >= 4 is 23.6 Å². The lowest BCUT2D eigenvalue weighted by Gasteiger charge is -2.30. The van der Waals surface area contributed by atoms with Crippen LogP contribution in [0, 0.1) is 0 Å². The van der Waals surface area contributed by atoms with Gasteiger partial charge in [-0.05, 0) is 49.0 Å². The van der Waals surface area contributed by atoms with Crippen molar-refractivity contribution in [3.05, 3.63) is 35.4 Å². The summed E-state index contributed by atoms with van der Waals surface area (Å²) in [7, 11) is 1.83. The molecule has 0 radical (unpaired) electrons. The molecule has 2 N–H and O–H groups in total. The number of aliphatic imine (C=N–C) groups is 1. The number of fused-ring (bicyclic) bond motifs is 1. The summed E-state index contributed by atoms with van der Waals surface area (Å²) in [5, 5.41) is 7.76. The Balaban J connectivity index is 1.35. The molecule has 2 aliphatic rings. The van der Waals surface area contributed by atoms with Gasteiger partial charge in [-0.25, -0.2) is 0 Å². The topological polar surface area (TPSA) is 56.7 Å². The molecule has 0 bridgehead atoms. The fraction of sp³-hybridized carbons (Fsp3) is 0.652. The molecule has 3 rings (SSSR count). The Hall–Kier alpha value is -1.69. The lowest BCUT2D eigenvalue weighted by molar-refractivity contribution is -0.132. The first-order valence-electron chi connectivity index (χ1n) is 11.1. The minimum absolute atomic E-state index is 0.260. The van der Waals surface area contributed by atoms with Crippen LogP contribution in [0.15, 0.2) is 29.3 Å². The average Bonchev–Trinajstić information content (AvgIpc) is 2.75. The highest BCUT2D eigenvalue weighted by molar-refractivity contribution is 7.99. The lowest BCUT2D eigenvalue weighted by Crippen LogP contribution is -2.46. The van der Waals surface area contributed by atoms with Gasteiger partial charge in [0.05, 0.1) is 0 Å². The molecule has 160 valence electrons. The Morgan fingerprint density at radius 2 is 2.10 bits per heavy atom. The predicted octanol–water partition coefficient (Wildman–Crippen LogP) is 3.58. The lowest BCUT2D eigenvalue weighted by atomic mass is 9.95. The number of amides is 1. The second kappa shape index (κ2) is 11.5. The Morgan fingerprint density at radius 3 is 2.90 bits per heavy atom. The Morgan fingerprint density at radius 1 is 1.28 bits per heavy atom. The fourth-order valence-electron chi connectivity index (χ4n) is 4.36. The maximum Gasteiger partial charge on any atom is 0.222 e. The molecule has 0 spiro atoms. The van der Waals surface area contributed by atoms with Gasteiger partial charge >= 0.3 is 0 Å². The van der Waals surface area contributed by atoms with E-state index >= 15 is 0 Å². The van der Waals surface area contributed by atoms with Gasteiger partial charge in [0.1, 0.15) is 0 Å². The summed E-state index contributed by atoms with van der Waals surface area (Å²) in [6.07, 6.45) is 7.45. The zero-order valence-electron chi connectivity index (χ0n) is 18.0. The summed E-state index contributed by atoms with van der Waals surface area (Å²) in [5.74, 6) is 2.33. The zero-order chi connectivity index (χ0) is 20.5. The molecule has 1 aromatic carbocycles. The van der Waals surface area contributed by atoms with E-state index in [-0.39, 0.29) is 5.91 Å². The maximum atomic E-state index is 12.6. The van der Waals surface area contributed by atoms with E-state index in [4.69, 9.17) is 0 Å². The molecular weight excluding hydrogens is 380 g/mol. The Bertz CT molecular complexity index is 691. The normalized spacial score (nSPS) is 22.1. The van der Waals surface area contributed by atoms with Crippen LogP contribution in [-0.4, -0.2) is 53.9 Å². The molecule has 2 unspecified atom stereocenters. The van der Waals surface area contributed by atoms with Crippen molar-refractivity contribution in [1.29, 1.82) is 0 Å². The van der Waals surface area contributed by atoms with E-state index in [0.717, 1.165) is 43.7 Å². The Labute approximate surface area is 180 Å². The molecule has 2 atom stereocenters. The highest BCUT2D eigenvalue weighted by Gasteiger charge is 2.23. The Kier molecular flexibility index (Phi) is 8.71.